The Kier molecular flexibility index (Phi) is 12.8. The van der Waals surface area contributed by atoms with Gasteiger partial charge in [0.25, 0.3) is 0 Å². The summed E-state index contributed by atoms with van der Waals surface area (Å²) in [5.41, 5.74) is 0. The molecule has 1 atom stereocenters. The van der Waals surface area contributed by atoms with Crippen LogP contribution in [0.2, 0.25) is 0 Å². The summed E-state index contributed by atoms with van der Waals surface area (Å²) >= 11 is 0. The van der Waals surface area contributed by atoms with Crippen molar-refractivity contribution in [2.75, 3.05) is 0 Å². The van der Waals surface area contributed by atoms with Crippen LogP contribution in [0.3, 0.4) is 0 Å². The van der Waals surface area contributed by atoms with Crippen LogP contribution in [0.4, 0.5) is 8.78 Å². The third-order valence-corrected chi connectivity index (χ3v) is 2.20. The summed E-state index contributed by atoms with van der Waals surface area (Å²) in [4.78, 5) is 10.6. The first kappa shape index (κ1) is 17.7. The molecule has 2 nitrogen and oxygen atoms in total. The summed E-state index contributed by atoms with van der Waals surface area (Å²) < 4.78 is 23.5. The Balaban J connectivity index is 0. The van der Waals surface area contributed by atoms with Gasteiger partial charge in [0, 0.05) is 12.4 Å². The van der Waals surface area contributed by atoms with E-state index in [1.165, 1.54) is 0 Å². The van der Waals surface area contributed by atoms with Crippen molar-refractivity contribution >= 4 is 5.97 Å². The quantitative estimate of drug-likeness (QED) is 0.395. The SMILES string of the molecule is CCCC(CCCCC(F)F)C(=O)[O-].[Na+]. The van der Waals surface area contributed by atoms with Gasteiger partial charge in [-0.15, -0.1) is 0 Å². The van der Waals surface area contributed by atoms with E-state index in [4.69, 9.17) is 0 Å². The minimum absolute atomic E-state index is 0. The molecule has 0 amide bonds. The van der Waals surface area contributed by atoms with E-state index in [0.717, 1.165) is 6.42 Å². The molecule has 0 rings (SSSR count). The first-order valence-electron chi connectivity index (χ1n) is 5.07. The second kappa shape index (κ2) is 10.8. The Hall–Kier alpha value is 0.330. The van der Waals surface area contributed by atoms with Gasteiger partial charge < -0.3 is 9.90 Å². The normalized spacial score (nSPS) is 12.3. The number of carbonyl (C=O) groups is 1. The standard InChI is InChI=1S/C10H18F2O2.Na/c1-2-5-8(10(13)14)6-3-4-7-9(11)12;/h8-9H,2-7H2,1H3,(H,13,14);/q;+1/p-1. The number of carboxylic acid groups (broad SMARTS) is 1. The van der Waals surface area contributed by atoms with Crippen LogP contribution in [-0.4, -0.2) is 12.4 Å². The van der Waals surface area contributed by atoms with E-state index in [2.05, 4.69) is 0 Å². The molecule has 15 heavy (non-hydrogen) atoms. The van der Waals surface area contributed by atoms with Crippen LogP contribution in [0.1, 0.15) is 45.4 Å². The number of hydrogen-bond donors (Lipinski definition) is 0. The molecule has 0 fully saturated rings. The molecule has 0 aliphatic carbocycles. The van der Waals surface area contributed by atoms with Gasteiger partial charge in [-0.25, -0.2) is 8.78 Å². The third kappa shape index (κ3) is 10.6. The summed E-state index contributed by atoms with van der Waals surface area (Å²) in [6.07, 6.45) is 0.357. The number of carboxylic acids is 1. The Morgan fingerprint density at radius 2 is 1.73 bits per heavy atom. The molecule has 0 bridgehead atoms. The fourth-order valence-electron chi connectivity index (χ4n) is 1.42. The van der Waals surface area contributed by atoms with Gasteiger partial charge in [0.05, 0.1) is 0 Å². The predicted molar refractivity (Wildman–Crippen MR) is 47.9 cm³/mol. The molecule has 5 heteroatoms. The van der Waals surface area contributed by atoms with Crippen molar-refractivity contribution in [1.82, 2.24) is 0 Å². The molecule has 0 aromatic rings. The Bertz CT molecular complexity index is 166. The van der Waals surface area contributed by atoms with Crippen LogP contribution < -0.4 is 34.7 Å². The number of halogens is 2. The number of unbranched alkanes of at least 4 members (excludes halogenated alkanes) is 1. The molecule has 0 aromatic heterocycles. The van der Waals surface area contributed by atoms with Crippen LogP contribution in [0.5, 0.6) is 0 Å². The zero-order valence-corrected chi connectivity index (χ0v) is 11.5. The maximum atomic E-state index is 11.7. The van der Waals surface area contributed by atoms with E-state index in [1.807, 2.05) is 6.92 Å². The van der Waals surface area contributed by atoms with E-state index in [9.17, 15) is 18.7 Å². The van der Waals surface area contributed by atoms with E-state index >= 15 is 0 Å². The Morgan fingerprint density at radius 3 is 2.13 bits per heavy atom. The number of hydrogen-bond acceptors (Lipinski definition) is 2. The van der Waals surface area contributed by atoms with Crippen molar-refractivity contribution in [3.63, 3.8) is 0 Å². The van der Waals surface area contributed by atoms with E-state index in [0.29, 0.717) is 25.7 Å². The average molecular weight is 230 g/mol. The predicted octanol–water partition coefficient (Wildman–Crippen LogP) is -1.02. The molecule has 0 heterocycles. The zero-order valence-electron chi connectivity index (χ0n) is 9.47. The third-order valence-electron chi connectivity index (χ3n) is 2.20. The van der Waals surface area contributed by atoms with E-state index in [1.54, 1.807) is 0 Å². The molecule has 0 aliphatic rings. The molecule has 0 aliphatic heterocycles. The van der Waals surface area contributed by atoms with Crippen molar-refractivity contribution in [3.05, 3.63) is 0 Å². The largest absolute Gasteiger partial charge is 1.00 e. The fraction of sp³-hybridized carbons (Fsp3) is 0.900. The van der Waals surface area contributed by atoms with Crippen molar-refractivity contribution in [1.29, 1.82) is 0 Å². The summed E-state index contributed by atoms with van der Waals surface area (Å²) in [5.74, 6) is -1.51. The minimum atomic E-state index is -2.28. The van der Waals surface area contributed by atoms with Crippen molar-refractivity contribution < 1.29 is 48.2 Å². The van der Waals surface area contributed by atoms with Gasteiger partial charge in [0.2, 0.25) is 6.43 Å². The van der Waals surface area contributed by atoms with Crippen molar-refractivity contribution in [2.45, 2.75) is 51.9 Å². The van der Waals surface area contributed by atoms with Gasteiger partial charge in [0.15, 0.2) is 0 Å². The molecule has 0 aromatic carbocycles. The summed E-state index contributed by atoms with van der Waals surface area (Å²) in [5, 5.41) is 10.6. The van der Waals surface area contributed by atoms with Gasteiger partial charge in [-0.3, -0.25) is 0 Å². The maximum absolute atomic E-state index is 11.7. The summed E-state index contributed by atoms with van der Waals surface area (Å²) in [6.45, 7) is 1.90. The van der Waals surface area contributed by atoms with Gasteiger partial charge in [0.1, 0.15) is 0 Å². The number of aliphatic carboxylic acids is 1. The zero-order chi connectivity index (χ0) is 11.0. The second-order valence-corrected chi connectivity index (χ2v) is 3.48. The number of alkyl halides is 2. The van der Waals surface area contributed by atoms with Crippen LogP contribution in [-0.2, 0) is 4.79 Å². The molecule has 0 saturated carbocycles. The second-order valence-electron chi connectivity index (χ2n) is 3.48. The van der Waals surface area contributed by atoms with Gasteiger partial charge in [-0.2, -0.15) is 0 Å². The van der Waals surface area contributed by atoms with Gasteiger partial charge in [-0.1, -0.05) is 19.8 Å². The molecule has 0 N–H and O–H groups in total. The molecule has 0 saturated heterocycles. The molecular weight excluding hydrogens is 213 g/mol. The Labute approximate surface area is 112 Å². The summed E-state index contributed by atoms with van der Waals surface area (Å²) in [6, 6.07) is 0. The molecule has 84 valence electrons. The van der Waals surface area contributed by atoms with E-state index in [-0.39, 0.29) is 36.0 Å². The van der Waals surface area contributed by atoms with Crippen LogP contribution in [0.15, 0.2) is 0 Å². The van der Waals surface area contributed by atoms with Crippen molar-refractivity contribution in [3.8, 4) is 0 Å². The first-order valence-corrected chi connectivity index (χ1v) is 5.07. The van der Waals surface area contributed by atoms with Crippen LogP contribution in [0.25, 0.3) is 0 Å². The molecule has 0 spiro atoms. The number of carbonyl (C=O) groups excluding carboxylic acids is 1. The van der Waals surface area contributed by atoms with Crippen LogP contribution >= 0.6 is 0 Å². The monoisotopic (exact) mass is 230 g/mol. The molecule has 1 unspecified atom stereocenters. The number of rotatable bonds is 8. The van der Waals surface area contributed by atoms with E-state index < -0.39 is 18.3 Å². The minimum Gasteiger partial charge on any atom is -0.550 e. The van der Waals surface area contributed by atoms with Crippen molar-refractivity contribution in [2.24, 2.45) is 5.92 Å². The summed E-state index contributed by atoms with van der Waals surface area (Å²) in [7, 11) is 0. The maximum Gasteiger partial charge on any atom is 1.00 e. The molecule has 0 radical (unpaired) electrons. The van der Waals surface area contributed by atoms with Gasteiger partial charge >= 0.3 is 29.6 Å². The Morgan fingerprint density at radius 1 is 1.20 bits per heavy atom. The van der Waals surface area contributed by atoms with Crippen LogP contribution in [0, 0.1) is 5.92 Å². The average Bonchev–Trinajstić information content (AvgIpc) is 2.09. The molecular formula is C10H17F2NaO2. The fourth-order valence-corrected chi connectivity index (χ4v) is 1.42. The van der Waals surface area contributed by atoms with Gasteiger partial charge in [-0.05, 0) is 25.2 Å². The first-order chi connectivity index (χ1) is 6.57. The topological polar surface area (TPSA) is 40.1 Å². The smallest absolute Gasteiger partial charge is 0.550 e.